The van der Waals surface area contributed by atoms with Gasteiger partial charge in [0.05, 0.1) is 21.0 Å². The van der Waals surface area contributed by atoms with Gasteiger partial charge in [-0.1, -0.05) is 23.7 Å². The van der Waals surface area contributed by atoms with Gasteiger partial charge in [-0.2, -0.15) is 0 Å². The van der Waals surface area contributed by atoms with Gasteiger partial charge in [-0.25, -0.2) is 14.3 Å². The summed E-state index contributed by atoms with van der Waals surface area (Å²) in [6, 6.07) is 11.0. The molecule has 8 heteroatoms. The second kappa shape index (κ2) is 6.42. The van der Waals surface area contributed by atoms with Crippen LogP contribution in [0.1, 0.15) is 20.8 Å². The number of aromatic nitrogens is 2. The summed E-state index contributed by atoms with van der Waals surface area (Å²) in [7, 11) is 0. The molecular formula is C18H16ClN3O4. The molecule has 0 amide bonds. The molecule has 1 heterocycles. The number of carbonyl (C=O) groups is 1. The number of carbonyl (C=O) groups excluding carboxylic acids is 1. The van der Waals surface area contributed by atoms with Crippen LogP contribution in [-0.2, 0) is 4.74 Å². The molecule has 0 bridgehead atoms. The Morgan fingerprint density at radius 3 is 2.58 bits per heavy atom. The molecule has 0 aliphatic heterocycles. The highest BCUT2D eigenvalue weighted by Gasteiger charge is 2.25. The number of non-ortho nitro benzene ring substituents is 1. The van der Waals surface area contributed by atoms with Crippen LogP contribution in [0.3, 0.4) is 0 Å². The Labute approximate surface area is 154 Å². The first-order chi connectivity index (χ1) is 12.2. The summed E-state index contributed by atoms with van der Waals surface area (Å²) in [5, 5.41) is 11.4. The van der Waals surface area contributed by atoms with E-state index < -0.39 is 16.6 Å². The van der Waals surface area contributed by atoms with Crippen molar-refractivity contribution in [2.24, 2.45) is 0 Å². The highest BCUT2D eigenvalue weighted by Crippen LogP contribution is 2.33. The fourth-order valence-corrected chi connectivity index (χ4v) is 2.70. The Bertz CT molecular complexity index is 1020. The van der Waals surface area contributed by atoms with Crippen LogP contribution in [0.2, 0.25) is 5.02 Å². The van der Waals surface area contributed by atoms with Crippen molar-refractivity contribution in [2.45, 2.75) is 26.4 Å². The lowest BCUT2D eigenvalue weighted by atomic mass is 10.2. The van der Waals surface area contributed by atoms with E-state index in [1.165, 1.54) is 22.8 Å². The maximum atomic E-state index is 12.8. The van der Waals surface area contributed by atoms with Crippen LogP contribution in [0.4, 0.5) is 10.5 Å². The van der Waals surface area contributed by atoms with E-state index in [-0.39, 0.29) is 22.1 Å². The number of halogens is 1. The first-order valence-corrected chi connectivity index (χ1v) is 8.20. The highest BCUT2D eigenvalue weighted by atomic mass is 35.5. The number of ether oxygens (including phenoxy) is 1. The second-order valence-corrected chi connectivity index (χ2v) is 7.07. The van der Waals surface area contributed by atoms with Gasteiger partial charge in [-0.05, 0) is 39.0 Å². The molecule has 0 aliphatic carbocycles. The molecule has 0 unspecified atom stereocenters. The third-order valence-corrected chi connectivity index (χ3v) is 3.87. The molecule has 3 rings (SSSR count). The van der Waals surface area contributed by atoms with Crippen molar-refractivity contribution in [1.82, 2.24) is 9.55 Å². The maximum absolute atomic E-state index is 12.8. The summed E-state index contributed by atoms with van der Waals surface area (Å²) < 4.78 is 6.76. The number of rotatable bonds is 2. The molecule has 0 saturated carbocycles. The lowest BCUT2D eigenvalue weighted by Crippen LogP contribution is -2.27. The van der Waals surface area contributed by atoms with Gasteiger partial charge in [0.25, 0.3) is 5.69 Å². The summed E-state index contributed by atoms with van der Waals surface area (Å²) in [4.78, 5) is 27.8. The number of benzene rings is 2. The van der Waals surface area contributed by atoms with Crippen molar-refractivity contribution >= 4 is 34.4 Å². The Kier molecular flexibility index (Phi) is 4.41. The van der Waals surface area contributed by atoms with Crippen LogP contribution < -0.4 is 0 Å². The number of fused-ring (bicyclic) bond motifs is 1. The lowest BCUT2D eigenvalue weighted by molar-refractivity contribution is -0.384. The minimum Gasteiger partial charge on any atom is -0.443 e. The SMILES string of the molecule is CC(C)(C)OC(=O)n1c(-c2cc([N+](=O)[O-])ccc2Cl)nc2ccccc21. The zero-order chi connectivity index (χ0) is 19.1. The predicted molar refractivity (Wildman–Crippen MR) is 98.5 cm³/mol. The maximum Gasteiger partial charge on any atom is 0.420 e. The highest BCUT2D eigenvalue weighted by molar-refractivity contribution is 6.33. The largest absolute Gasteiger partial charge is 0.443 e. The van der Waals surface area contributed by atoms with E-state index in [0.717, 1.165) is 0 Å². The fourth-order valence-electron chi connectivity index (χ4n) is 2.50. The van der Waals surface area contributed by atoms with Crippen molar-refractivity contribution in [3.05, 3.63) is 57.6 Å². The molecule has 26 heavy (non-hydrogen) atoms. The lowest BCUT2D eigenvalue weighted by Gasteiger charge is -2.20. The number of hydrogen-bond donors (Lipinski definition) is 0. The minimum absolute atomic E-state index is 0.146. The van der Waals surface area contributed by atoms with Crippen LogP contribution >= 0.6 is 11.6 Å². The van der Waals surface area contributed by atoms with Crippen molar-refractivity contribution in [1.29, 1.82) is 0 Å². The first-order valence-electron chi connectivity index (χ1n) is 7.82. The van der Waals surface area contributed by atoms with Gasteiger partial charge < -0.3 is 4.74 Å². The molecule has 0 spiro atoms. The van der Waals surface area contributed by atoms with Gasteiger partial charge in [0.1, 0.15) is 5.60 Å². The number of nitro benzene ring substituents is 1. The van der Waals surface area contributed by atoms with Crippen molar-refractivity contribution in [2.75, 3.05) is 0 Å². The Hall–Kier alpha value is -2.93. The zero-order valence-electron chi connectivity index (χ0n) is 14.4. The van der Waals surface area contributed by atoms with E-state index >= 15 is 0 Å². The smallest absolute Gasteiger partial charge is 0.420 e. The van der Waals surface area contributed by atoms with E-state index in [1.54, 1.807) is 45.0 Å². The van der Waals surface area contributed by atoms with E-state index in [1.807, 2.05) is 0 Å². The Morgan fingerprint density at radius 1 is 1.23 bits per heavy atom. The Balaban J connectivity index is 2.27. The number of hydrogen-bond acceptors (Lipinski definition) is 5. The standard InChI is InChI=1S/C18H16ClN3O4/c1-18(2,3)26-17(23)21-15-7-5-4-6-14(15)20-16(21)12-10-11(22(24)25)8-9-13(12)19/h4-10H,1-3H3. The summed E-state index contributed by atoms with van der Waals surface area (Å²) in [5.74, 6) is 0.189. The van der Waals surface area contributed by atoms with Crippen LogP contribution in [0.15, 0.2) is 42.5 Å². The second-order valence-electron chi connectivity index (χ2n) is 6.66. The van der Waals surface area contributed by atoms with Crippen molar-refractivity contribution in [3.8, 4) is 11.4 Å². The molecule has 7 nitrogen and oxygen atoms in total. The van der Waals surface area contributed by atoms with Crippen LogP contribution in [-0.4, -0.2) is 26.2 Å². The molecule has 0 fully saturated rings. The van der Waals surface area contributed by atoms with E-state index in [4.69, 9.17) is 16.3 Å². The fraction of sp³-hybridized carbons (Fsp3) is 0.222. The van der Waals surface area contributed by atoms with Gasteiger partial charge >= 0.3 is 6.09 Å². The average molecular weight is 374 g/mol. The molecule has 3 aromatic rings. The summed E-state index contributed by atoms with van der Waals surface area (Å²) in [6.45, 7) is 5.26. The summed E-state index contributed by atoms with van der Waals surface area (Å²) in [6.07, 6.45) is -0.635. The molecule has 0 atom stereocenters. The quantitative estimate of drug-likeness (QED) is 0.463. The molecule has 0 radical (unpaired) electrons. The van der Waals surface area contributed by atoms with Gasteiger partial charge in [-0.3, -0.25) is 10.1 Å². The molecular weight excluding hydrogens is 358 g/mol. The molecule has 0 N–H and O–H groups in total. The number of para-hydroxylation sites is 2. The molecule has 0 aliphatic rings. The molecule has 1 aromatic heterocycles. The van der Waals surface area contributed by atoms with Gasteiger partial charge in [0.15, 0.2) is 5.82 Å². The molecule has 2 aromatic carbocycles. The van der Waals surface area contributed by atoms with Crippen LogP contribution in [0.5, 0.6) is 0 Å². The first kappa shape index (κ1) is 17.9. The normalized spacial score (nSPS) is 11.5. The van der Waals surface area contributed by atoms with E-state index in [0.29, 0.717) is 11.0 Å². The summed E-state index contributed by atoms with van der Waals surface area (Å²) in [5.41, 5.74) is 0.497. The number of nitrogens with zero attached hydrogens (tertiary/aromatic N) is 3. The zero-order valence-corrected chi connectivity index (χ0v) is 15.1. The molecule has 0 saturated heterocycles. The van der Waals surface area contributed by atoms with Crippen LogP contribution in [0, 0.1) is 10.1 Å². The van der Waals surface area contributed by atoms with Crippen molar-refractivity contribution in [3.63, 3.8) is 0 Å². The average Bonchev–Trinajstić information content (AvgIpc) is 2.92. The van der Waals surface area contributed by atoms with Gasteiger partial charge in [-0.15, -0.1) is 0 Å². The number of nitro groups is 1. The predicted octanol–water partition coefficient (Wildman–Crippen LogP) is 5.05. The summed E-state index contributed by atoms with van der Waals surface area (Å²) >= 11 is 6.24. The van der Waals surface area contributed by atoms with E-state index in [9.17, 15) is 14.9 Å². The monoisotopic (exact) mass is 373 g/mol. The van der Waals surface area contributed by atoms with Crippen molar-refractivity contribution < 1.29 is 14.5 Å². The van der Waals surface area contributed by atoms with Gasteiger partial charge in [0, 0.05) is 17.7 Å². The van der Waals surface area contributed by atoms with E-state index in [2.05, 4.69) is 4.98 Å². The topological polar surface area (TPSA) is 87.3 Å². The third-order valence-electron chi connectivity index (χ3n) is 3.54. The Morgan fingerprint density at radius 2 is 1.92 bits per heavy atom. The van der Waals surface area contributed by atoms with Crippen LogP contribution in [0.25, 0.3) is 22.4 Å². The molecule has 134 valence electrons. The minimum atomic E-state index is -0.716. The third kappa shape index (κ3) is 3.39. The number of imidazole rings is 1. The van der Waals surface area contributed by atoms with Gasteiger partial charge in [0.2, 0.25) is 0 Å².